The summed E-state index contributed by atoms with van der Waals surface area (Å²) in [5.74, 6) is 0.509. The number of imide groups is 1. The van der Waals surface area contributed by atoms with E-state index in [1.54, 1.807) is 36.3 Å². The van der Waals surface area contributed by atoms with Crippen molar-refractivity contribution < 1.29 is 23.5 Å². The summed E-state index contributed by atoms with van der Waals surface area (Å²) in [5.41, 5.74) is 13.4. The Balaban J connectivity index is 0.866. The minimum atomic E-state index is -0.665. The molecule has 13 heteroatoms. The SMILES string of the molecule is COc1cc(N2CCC(CN3CCc4cc(-c5cc(N)nc6c(=O)c7c(Cl)cccc7oc56)ccc4C3)CC2)cc2c1CN(C1CCC(=O)NC1=O)C2=O. The number of rotatable bonds is 6. The van der Waals surface area contributed by atoms with Gasteiger partial charge >= 0.3 is 0 Å². The number of ether oxygens (including phenoxy) is 1. The fourth-order valence-corrected chi connectivity index (χ4v) is 8.97. The van der Waals surface area contributed by atoms with Gasteiger partial charge in [-0.1, -0.05) is 35.9 Å². The van der Waals surface area contributed by atoms with Gasteiger partial charge in [0.25, 0.3) is 5.91 Å². The molecule has 2 fully saturated rings. The van der Waals surface area contributed by atoms with Gasteiger partial charge in [-0.25, -0.2) is 4.98 Å². The molecule has 276 valence electrons. The Hall–Kier alpha value is -5.46. The van der Waals surface area contributed by atoms with Crippen LogP contribution in [0.4, 0.5) is 11.5 Å². The van der Waals surface area contributed by atoms with Crippen LogP contribution in [0.5, 0.6) is 5.75 Å². The number of pyridine rings is 1. The number of hydrogen-bond donors (Lipinski definition) is 2. The standard InChI is InChI=1S/C41H39ClN6O6/c1-53-33-17-26(16-28-29(33)21-48(41(28)52)31-7-8-35(49)45-40(31)51)47-13-9-22(10-14-47)19-46-12-11-23-15-24(5-6-25(23)20-46)27-18-34(43)44-37-38(50)36-30(42)3-2-4-32(36)54-39(27)37/h2-6,15-18,22,31H,7-14,19-21H2,1H3,(H2,43,44)(H,45,49,51). The van der Waals surface area contributed by atoms with E-state index in [4.69, 9.17) is 26.5 Å². The molecule has 6 heterocycles. The van der Waals surface area contributed by atoms with Gasteiger partial charge in [0, 0.05) is 62.0 Å². The van der Waals surface area contributed by atoms with Crippen LogP contribution < -0.4 is 26.1 Å². The van der Waals surface area contributed by atoms with Gasteiger partial charge in [-0.2, -0.15) is 0 Å². The van der Waals surface area contributed by atoms with E-state index in [-0.39, 0.29) is 41.5 Å². The number of anilines is 2. The van der Waals surface area contributed by atoms with Gasteiger partial charge in [0.1, 0.15) is 23.2 Å². The number of nitrogens with one attached hydrogen (secondary N) is 1. The van der Waals surface area contributed by atoms with Gasteiger partial charge < -0.3 is 24.7 Å². The van der Waals surface area contributed by atoms with Gasteiger partial charge in [-0.3, -0.25) is 29.4 Å². The Morgan fingerprint density at radius 2 is 1.78 bits per heavy atom. The first-order chi connectivity index (χ1) is 26.1. The number of aromatic nitrogens is 1. The second-order valence-corrected chi connectivity index (χ2v) is 15.2. The maximum Gasteiger partial charge on any atom is 0.255 e. The molecule has 3 N–H and O–H groups in total. The smallest absolute Gasteiger partial charge is 0.255 e. The molecular formula is C41H39ClN6O6. The second-order valence-electron chi connectivity index (χ2n) is 14.8. The van der Waals surface area contributed by atoms with Crippen LogP contribution in [0.2, 0.25) is 5.02 Å². The molecule has 3 amide bonds. The molecule has 2 aromatic heterocycles. The van der Waals surface area contributed by atoms with Crippen LogP contribution in [0.15, 0.2) is 63.8 Å². The largest absolute Gasteiger partial charge is 0.496 e. The zero-order chi connectivity index (χ0) is 37.2. The van der Waals surface area contributed by atoms with Crippen molar-refractivity contribution in [1.29, 1.82) is 0 Å². The number of methoxy groups -OCH3 is 1. The van der Waals surface area contributed by atoms with Crippen LogP contribution in [0, 0.1) is 5.92 Å². The lowest BCUT2D eigenvalue weighted by atomic mass is 9.91. The number of nitrogens with zero attached hydrogens (tertiary/aromatic N) is 4. The third kappa shape index (κ3) is 5.93. The Kier molecular flexibility index (Phi) is 8.54. The first kappa shape index (κ1) is 34.3. The highest BCUT2D eigenvalue weighted by Crippen LogP contribution is 2.39. The molecule has 5 aromatic rings. The maximum atomic E-state index is 13.6. The highest BCUT2D eigenvalue weighted by Gasteiger charge is 2.41. The molecule has 4 aliphatic heterocycles. The number of carbonyl (C=O) groups excluding carboxylic acids is 3. The zero-order valence-electron chi connectivity index (χ0n) is 29.8. The quantitative estimate of drug-likeness (QED) is 0.173. The van der Waals surface area contributed by atoms with Crippen molar-refractivity contribution in [3.05, 3.63) is 92.1 Å². The summed E-state index contributed by atoms with van der Waals surface area (Å²) in [4.78, 5) is 62.0. The summed E-state index contributed by atoms with van der Waals surface area (Å²) in [6.45, 7) is 4.84. The number of carbonyl (C=O) groups is 3. The molecule has 54 heavy (non-hydrogen) atoms. The minimum Gasteiger partial charge on any atom is -0.496 e. The predicted octanol–water partition coefficient (Wildman–Crippen LogP) is 5.29. The van der Waals surface area contributed by atoms with Crippen LogP contribution >= 0.6 is 11.6 Å². The van der Waals surface area contributed by atoms with E-state index in [2.05, 4.69) is 38.3 Å². The van der Waals surface area contributed by atoms with Crippen LogP contribution in [0.3, 0.4) is 0 Å². The number of halogens is 1. The van der Waals surface area contributed by atoms with E-state index in [0.717, 1.165) is 74.4 Å². The molecule has 9 rings (SSSR count). The topological polar surface area (TPSA) is 151 Å². The fraction of sp³-hybridized carbons (Fsp3) is 0.341. The average molecular weight is 747 g/mol. The lowest BCUT2D eigenvalue weighted by Gasteiger charge is -2.37. The summed E-state index contributed by atoms with van der Waals surface area (Å²) < 4.78 is 12.0. The summed E-state index contributed by atoms with van der Waals surface area (Å²) in [5, 5.41) is 2.99. The molecule has 0 bridgehead atoms. The maximum absolute atomic E-state index is 13.6. The lowest BCUT2D eigenvalue weighted by molar-refractivity contribution is -0.136. The summed E-state index contributed by atoms with van der Waals surface area (Å²) in [6.07, 6.45) is 3.50. The van der Waals surface area contributed by atoms with Gasteiger partial charge in [-0.05, 0) is 72.6 Å². The molecule has 4 aliphatic rings. The van der Waals surface area contributed by atoms with Crippen LogP contribution in [-0.2, 0) is 29.1 Å². The number of nitrogens with two attached hydrogens (primary N) is 1. The molecule has 0 spiro atoms. The van der Waals surface area contributed by atoms with Crippen molar-refractivity contribution in [2.75, 3.05) is 43.9 Å². The normalized spacial score (nSPS) is 19.4. The fourth-order valence-electron chi connectivity index (χ4n) is 8.71. The summed E-state index contributed by atoms with van der Waals surface area (Å²) in [7, 11) is 1.61. The number of benzene rings is 3. The van der Waals surface area contributed by atoms with E-state index < -0.39 is 11.9 Å². The third-order valence-electron chi connectivity index (χ3n) is 11.5. The second kappa shape index (κ2) is 13.4. The lowest BCUT2D eigenvalue weighted by Crippen LogP contribution is -2.52. The number of hydrogen-bond acceptors (Lipinski definition) is 10. The van der Waals surface area contributed by atoms with Gasteiger partial charge in [0.15, 0.2) is 11.1 Å². The van der Waals surface area contributed by atoms with Crippen LogP contribution in [0.25, 0.3) is 33.2 Å². The van der Waals surface area contributed by atoms with Gasteiger partial charge in [0.2, 0.25) is 17.2 Å². The Bertz CT molecular complexity index is 2460. The van der Waals surface area contributed by atoms with Crippen molar-refractivity contribution in [3.63, 3.8) is 0 Å². The summed E-state index contributed by atoms with van der Waals surface area (Å²) in [6, 6.07) is 16.6. The van der Waals surface area contributed by atoms with E-state index in [1.807, 2.05) is 12.1 Å². The molecule has 1 unspecified atom stereocenters. The molecule has 2 saturated heterocycles. The Morgan fingerprint density at radius 1 is 0.944 bits per heavy atom. The zero-order valence-corrected chi connectivity index (χ0v) is 30.6. The first-order valence-electron chi connectivity index (χ1n) is 18.4. The Morgan fingerprint density at radius 3 is 2.57 bits per heavy atom. The third-order valence-corrected chi connectivity index (χ3v) is 11.9. The van der Waals surface area contributed by atoms with Crippen molar-refractivity contribution in [2.24, 2.45) is 5.92 Å². The van der Waals surface area contributed by atoms with E-state index in [9.17, 15) is 19.2 Å². The van der Waals surface area contributed by atoms with Gasteiger partial charge in [-0.15, -0.1) is 0 Å². The summed E-state index contributed by atoms with van der Waals surface area (Å²) >= 11 is 6.35. The first-order valence-corrected chi connectivity index (χ1v) is 18.8. The van der Waals surface area contributed by atoms with E-state index in [1.165, 1.54) is 11.1 Å². The van der Waals surface area contributed by atoms with Crippen LogP contribution in [-0.4, -0.2) is 71.8 Å². The molecule has 0 saturated carbocycles. The number of nitrogen functional groups attached to an aromatic ring is 1. The van der Waals surface area contributed by atoms with E-state index in [0.29, 0.717) is 45.2 Å². The Labute approximate surface area is 315 Å². The molecular weight excluding hydrogens is 708 g/mol. The molecule has 12 nitrogen and oxygen atoms in total. The number of fused-ring (bicyclic) bond motifs is 4. The molecule has 1 atom stereocenters. The van der Waals surface area contributed by atoms with E-state index >= 15 is 0 Å². The van der Waals surface area contributed by atoms with Crippen molar-refractivity contribution in [3.8, 4) is 16.9 Å². The molecule has 0 radical (unpaired) electrons. The highest BCUT2D eigenvalue weighted by atomic mass is 35.5. The highest BCUT2D eigenvalue weighted by molar-refractivity contribution is 6.35. The predicted molar refractivity (Wildman–Crippen MR) is 206 cm³/mol. The van der Waals surface area contributed by atoms with Crippen molar-refractivity contribution in [2.45, 2.75) is 51.2 Å². The van der Waals surface area contributed by atoms with Gasteiger partial charge in [0.05, 0.1) is 29.6 Å². The minimum absolute atomic E-state index is 0.167. The number of amides is 3. The van der Waals surface area contributed by atoms with Crippen molar-refractivity contribution in [1.82, 2.24) is 20.1 Å². The monoisotopic (exact) mass is 746 g/mol. The van der Waals surface area contributed by atoms with Crippen molar-refractivity contribution >= 4 is 62.9 Å². The average Bonchev–Trinajstić information content (AvgIpc) is 3.50. The number of piperidine rings is 2. The molecule has 0 aliphatic carbocycles. The molecule has 3 aromatic carbocycles. The van der Waals surface area contributed by atoms with Crippen LogP contribution in [0.1, 0.15) is 52.7 Å².